The molecule has 0 spiro atoms. The third-order valence-corrected chi connectivity index (χ3v) is 2.17. The molecule has 3 heteroatoms. The lowest BCUT2D eigenvalue weighted by Crippen LogP contribution is -2.19. The fourth-order valence-electron chi connectivity index (χ4n) is 0.243. The van der Waals surface area contributed by atoms with E-state index in [9.17, 15) is 4.79 Å². The van der Waals surface area contributed by atoms with Gasteiger partial charge in [-0.15, -0.1) is 0 Å². The number of halogens is 1. The zero-order valence-corrected chi connectivity index (χ0v) is 7.60. The Balaban J connectivity index is 3.82. The Bertz CT molecular complexity index is 95.1. The Hall–Kier alpha value is 0.500. The molecule has 0 aromatic rings. The maximum Gasteiger partial charge on any atom is 0.204 e. The van der Waals surface area contributed by atoms with Crippen LogP contribution in [-0.2, 0) is 4.79 Å². The predicted molar refractivity (Wildman–Crippen MR) is 41.5 cm³/mol. The normalized spacial score (nSPS) is 11.5. The molecule has 0 amide bonds. The minimum atomic E-state index is -0.355. The predicted octanol–water partition coefficient (Wildman–Crippen LogP) is 2.05. The van der Waals surface area contributed by atoms with Crippen LogP contribution >= 0.6 is 27.7 Å². The summed E-state index contributed by atoms with van der Waals surface area (Å²) in [7, 11) is 0. The van der Waals surface area contributed by atoms with E-state index in [1.165, 1.54) is 11.8 Å². The van der Waals surface area contributed by atoms with Gasteiger partial charge in [0.25, 0.3) is 0 Å². The zero-order chi connectivity index (χ0) is 6.78. The van der Waals surface area contributed by atoms with Gasteiger partial charge in [0.15, 0.2) is 0 Å². The van der Waals surface area contributed by atoms with Crippen molar-refractivity contribution in [1.29, 1.82) is 0 Å². The average Bonchev–Trinajstić information content (AvgIpc) is 1.62. The first-order chi connectivity index (χ1) is 3.48. The van der Waals surface area contributed by atoms with Crippen molar-refractivity contribution in [2.24, 2.45) is 0 Å². The maximum atomic E-state index is 10.7. The summed E-state index contributed by atoms with van der Waals surface area (Å²) >= 11 is 4.48. The van der Waals surface area contributed by atoms with Gasteiger partial charge in [-0.2, -0.15) is 0 Å². The van der Waals surface area contributed by atoms with Crippen LogP contribution in [0.3, 0.4) is 0 Å². The van der Waals surface area contributed by atoms with Crippen LogP contribution in [0.4, 0.5) is 0 Å². The molecule has 0 unspecified atom stereocenters. The summed E-state index contributed by atoms with van der Waals surface area (Å²) in [5.41, 5.74) is 0. The van der Waals surface area contributed by atoms with Gasteiger partial charge >= 0.3 is 0 Å². The number of alkyl halides is 1. The van der Waals surface area contributed by atoms with Gasteiger partial charge in [-0.3, -0.25) is 4.79 Å². The molecular weight excluding hydrogens is 188 g/mol. The molecule has 0 aliphatic rings. The van der Waals surface area contributed by atoms with Crippen LogP contribution in [0.2, 0.25) is 0 Å². The van der Waals surface area contributed by atoms with Crippen LogP contribution in [0.15, 0.2) is 0 Å². The summed E-state index contributed by atoms with van der Waals surface area (Å²) in [4.78, 5) is 10.7. The molecule has 0 saturated carbocycles. The van der Waals surface area contributed by atoms with Crippen molar-refractivity contribution in [2.45, 2.75) is 18.2 Å². The Labute approximate surface area is 62.4 Å². The quantitative estimate of drug-likeness (QED) is 0.598. The van der Waals surface area contributed by atoms with Crippen molar-refractivity contribution in [3.05, 3.63) is 0 Å². The summed E-state index contributed by atoms with van der Waals surface area (Å²) in [5.74, 6) is 0. The van der Waals surface area contributed by atoms with Gasteiger partial charge in [0.1, 0.15) is 0 Å². The molecular formula is C5H9BrOS. The van der Waals surface area contributed by atoms with Gasteiger partial charge < -0.3 is 0 Å². The van der Waals surface area contributed by atoms with E-state index in [0.29, 0.717) is 0 Å². The third-order valence-electron chi connectivity index (χ3n) is 0.671. The number of hydrogen-bond acceptors (Lipinski definition) is 2. The van der Waals surface area contributed by atoms with E-state index in [1.807, 2.05) is 13.8 Å². The topological polar surface area (TPSA) is 17.1 Å². The molecule has 0 fully saturated rings. The maximum absolute atomic E-state index is 10.7. The van der Waals surface area contributed by atoms with Crippen LogP contribution in [-0.4, -0.2) is 15.7 Å². The molecule has 0 heterocycles. The molecule has 0 aliphatic carbocycles. The highest BCUT2D eigenvalue weighted by Crippen LogP contribution is 2.21. The lowest BCUT2D eigenvalue weighted by atomic mass is 10.2. The Morgan fingerprint density at radius 2 is 2.00 bits per heavy atom. The minimum absolute atomic E-state index is 0.164. The second kappa shape index (κ2) is 2.87. The summed E-state index contributed by atoms with van der Waals surface area (Å²) in [5, 5.41) is 0.164. The first kappa shape index (κ1) is 8.50. The smallest absolute Gasteiger partial charge is 0.204 e. The van der Waals surface area contributed by atoms with Crippen molar-refractivity contribution < 1.29 is 4.79 Å². The monoisotopic (exact) mass is 196 g/mol. The molecule has 0 bridgehead atoms. The summed E-state index contributed by atoms with van der Waals surface area (Å²) in [6, 6.07) is 0. The van der Waals surface area contributed by atoms with E-state index >= 15 is 0 Å². The van der Waals surface area contributed by atoms with E-state index in [2.05, 4.69) is 15.9 Å². The van der Waals surface area contributed by atoms with Crippen LogP contribution in [0.5, 0.6) is 0 Å². The van der Waals surface area contributed by atoms with Crippen molar-refractivity contribution >= 4 is 32.8 Å². The molecule has 0 N–H and O–H groups in total. The van der Waals surface area contributed by atoms with Gasteiger partial charge in [-0.25, -0.2) is 0 Å². The van der Waals surface area contributed by atoms with E-state index < -0.39 is 0 Å². The zero-order valence-electron chi connectivity index (χ0n) is 5.19. The summed E-state index contributed by atoms with van der Waals surface area (Å²) < 4.78 is -0.355. The second-order valence-corrected chi connectivity index (χ2v) is 4.73. The molecule has 0 rings (SSSR count). The van der Waals surface area contributed by atoms with Gasteiger partial charge in [0, 0.05) is 0 Å². The van der Waals surface area contributed by atoms with Crippen molar-refractivity contribution in [3.63, 3.8) is 0 Å². The van der Waals surface area contributed by atoms with Gasteiger partial charge in [0.2, 0.25) is 5.12 Å². The van der Waals surface area contributed by atoms with Crippen LogP contribution in [0.25, 0.3) is 0 Å². The van der Waals surface area contributed by atoms with Crippen LogP contribution in [0, 0.1) is 0 Å². The van der Waals surface area contributed by atoms with Gasteiger partial charge in [0.05, 0.1) is 4.32 Å². The lowest BCUT2D eigenvalue weighted by Gasteiger charge is -2.10. The summed E-state index contributed by atoms with van der Waals surface area (Å²) in [6.45, 7) is 3.68. The molecule has 0 aromatic heterocycles. The van der Waals surface area contributed by atoms with Gasteiger partial charge in [-0.1, -0.05) is 27.7 Å². The number of carbonyl (C=O) groups is 1. The Morgan fingerprint density at radius 3 is 2.00 bits per heavy atom. The molecule has 0 aliphatic heterocycles. The number of carbonyl (C=O) groups excluding carboxylic acids is 1. The molecule has 1 nitrogen and oxygen atoms in total. The molecule has 0 atom stereocenters. The SMILES string of the molecule is CSC(=O)C(C)(C)Br. The number of thioether (sulfide) groups is 1. The van der Waals surface area contributed by atoms with Crippen LogP contribution in [0.1, 0.15) is 13.8 Å². The average molecular weight is 197 g/mol. The largest absolute Gasteiger partial charge is 0.286 e. The van der Waals surface area contributed by atoms with Crippen molar-refractivity contribution in [3.8, 4) is 0 Å². The van der Waals surface area contributed by atoms with Crippen LogP contribution < -0.4 is 0 Å². The third kappa shape index (κ3) is 2.72. The lowest BCUT2D eigenvalue weighted by molar-refractivity contribution is -0.112. The highest BCUT2D eigenvalue weighted by molar-refractivity contribution is 9.10. The molecule has 8 heavy (non-hydrogen) atoms. The number of rotatable bonds is 1. The standard InChI is InChI=1S/C5H9BrOS/c1-5(2,6)4(7)8-3/h1-3H3. The number of hydrogen-bond donors (Lipinski definition) is 0. The molecule has 0 saturated heterocycles. The van der Waals surface area contributed by atoms with E-state index in [0.717, 1.165) is 0 Å². The van der Waals surface area contributed by atoms with Crippen molar-refractivity contribution in [2.75, 3.05) is 6.26 Å². The molecule has 0 radical (unpaired) electrons. The fraction of sp³-hybridized carbons (Fsp3) is 0.800. The minimum Gasteiger partial charge on any atom is -0.286 e. The fourth-order valence-corrected chi connectivity index (χ4v) is 1.21. The van der Waals surface area contributed by atoms with Gasteiger partial charge in [-0.05, 0) is 20.1 Å². The van der Waals surface area contributed by atoms with E-state index in [1.54, 1.807) is 6.26 Å². The summed E-state index contributed by atoms with van der Waals surface area (Å²) in [6.07, 6.45) is 1.78. The van der Waals surface area contributed by atoms with E-state index in [-0.39, 0.29) is 9.44 Å². The first-order valence-corrected chi connectivity index (χ1v) is 4.27. The Kier molecular flexibility index (Phi) is 3.05. The van der Waals surface area contributed by atoms with Crippen molar-refractivity contribution in [1.82, 2.24) is 0 Å². The Morgan fingerprint density at radius 1 is 1.62 bits per heavy atom. The second-order valence-electron chi connectivity index (χ2n) is 1.96. The molecule has 0 aromatic carbocycles. The highest BCUT2D eigenvalue weighted by Gasteiger charge is 2.21. The first-order valence-electron chi connectivity index (χ1n) is 2.26. The highest BCUT2D eigenvalue weighted by atomic mass is 79.9. The molecule has 48 valence electrons. The van der Waals surface area contributed by atoms with E-state index in [4.69, 9.17) is 0 Å².